The highest BCUT2D eigenvalue weighted by atomic mass is 32.2. The number of carbonyl (C=O) groups excluding carboxylic acids is 1. The van der Waals surface area contributed by atoms with Crippen LogP contribution in [0.2, 0.25) is 0 Å². The molecule has 2 aromatic rings. The van der Waals surface area contributed by atoms with Crippen molar-refractivity contribution in [2.24, 2.45) is 0 Å². The highest BCUT2D eigenvalue weighted by Gasteiger charge is 2.07. The highest BCUT2D eigenvalue weighted by molar-refractivity contribution is 7.99. The quantitative estimate of drug-likeness (QED) is 0.761. The molecule has 2 N–H and O–H groups in total. The van der Waals surface area contributed by atoms with Crippen molar-refractivity contribution < 1.29 is 4.79 Å². The molecule has 0 aliphatic rings. The zero-order valence-electron chi connectivity index (χ0n) is 13.8. The van der Waals surface area contributed by atoms with Gasteiger partial charge < -0.3 is 10.6 Å². The van der Waals surface area contributed by atoms with Gasteiger partial charge in [-0.3, -0.25) is 4.98 Å². The maximum Gasteiger partial charge on any atom is 0.319 e. The normalized spacial score (nSPS) is 11.8. The van der Waals surface area contributed by atoms with E-state index in [1.54, 1.807) is 6.20 Å². The van der Waals surface area contributed by atoms with E-state index in [1.165, 1.54) is 4.90 Å². The van der Waals surface area contributed by atoms with E-state index < -0.39 is 0 Å². The van der Waals surface area contributed by atoms with E-state index in [4.69, 9.17) is 0 Å². The first-order chi connectivity index (χ1) is 11.1. The van der Waals surface area contributed by atoms with Gasteiger partial charge in [-0.2, -0.15) is 0 Å². The first-order valence-electron chi connectivity index (χ1n) is 7.80. The molecule has 0 aliphatic carbocycles. The van der Waals surface area contributed by atoms with Gasteiger partial charge in [0.15, 0.2) is 0 Å². The van der Waals surface area contributed by atoms with Gasteiger partial charge in [0.05, 0.1) is 12.2 Å². The zero-order chi connectivity index (χ0) is 16.7. The minimum absolute atomic E-state index is 0.221. The van der Waals surface area contributed by atoms with Crippen molar-refractivity contribution in [2.45, 2.75) is 43.9 Å². The summed E-state index contributed by atoms with van der Waals surface area (Å²) in [5.74, 6) is 0. The summed E-state index contributed by atoms with van der Waals surface area (Å²) >= 11 is 1.86. The molecule has 122 valence electrons. The van der Waals surface area contributed by atoms with E-state index in [2.05, 4.69) is 41.6 Å². The molecule has 1 heterocycles. The van der Waals surface area contributed by atoms with Crippen LogP contribution in [0.3, 0.4) is 0 Å². The van der Waals surface area contributed by atoms with Gasteiger partial charge in [0, 0.05) is 22.0 Å². The predicted molar refractivity (Wildman–Crippen MR) is 96.9 cm³/mol. The van der Waals surface area contributed by atoms with Crippen LogP contribution in [0.4, 0.5) is 10.5 Å². The molecule has 1 atom stereocenters. The molecule has 0 spiro atoms. The summed E-state index contributed by atoms with van der Waals surface area (Å²) in [7, 11) is 0. The summed E-state index contributed by atoms with van der Waals surface area (Å²) in [5.41, 5.74) is 2.72. The van der Waals surface area contributed by atoms with E-state index in [0.29, 0.717) is 11.8 Å². The molecule has 4 nitrogen and oxygen atoms in total. The average Bonchev–Trinajstić information content (AvgIpc) is 2.56. The van der Waals surface area contributed by atoms with Crippen LogP contribution in [-0.2, 0) is 6.54 Å². The Hall–Kier alpha value is -2.01. The number of aryl methyl sites for hydroxylation is 1. The van der Waals surface area contributed by atoms with Crippen molar-refractivity contribution in [3.63, 3.8) is 0 Å². The summed E-state index contributed by atoms with van der Waals surface area (Å²) < 4.78 is 0. The number of anilines is 1. The molecular formula is C18H23N3OS. The molecule has 1 aromatic heterocycles. The fourth-order valence-corrected chi connectivity index (χ4v) is 3.03. The van der Waals surface area contributed by atoms with Crippen LogP contribution in [0.1, 0.15) is 31.5 Å². The molecule has 0 saturated carbocycles. The van der Waals surface area contributed by atoms with E-state index >= 15 is 0 Å². The van der Waals surface area contributed by atoms with Crippen molar-refractivity contribution in [1.29, 1.82) is 0 Å². The second kappa shape index (κ2) is 8.58. The standard InChI is InChI=1S/C18H23N3OS/c1-4-14(3)23-16-8-9-17(13(2)11-16)21-18(22)20-12-15-7-5-6-10-19-15/h5-11,14H,4,12H2,1-3H3,(H2,20,21,22). The zero-order valence-corrected chi connectivity index (χ0v) is 14.6. The number of nitrogens with one attached hydrogen (secondary N) is 2. The number of thioether (sulfide) groups is 1. The number of aromatic nitrogens is 1. The van der Waals surface area contributed by atoms with Crippen LogP contribution in [-0.4, -0.2) is 16.3 Å². The van der Waals surface area contributed by atoms with Crippen molar-refractivity contribution in [3.8, 4) is 0 Å². The maximum atomic E-state index is 12.0. The van der Waals surface area contributed by atoms with Crippen LogP contribution < -0.4 is 10.6 Å². The molecule has 23 heavy (non-hydrogen) atoms. The van der Waals surface area contributed by atoms with Crippen molar-refractivity contribution in [3.05, 3.63) is 53.9 Å². The molecule has 2 rings (SSSR count). The molecule has 5 heteroatoms. The van der Waals surface area contributed by atoms with E-state index in [0.717, 1.165) is 23.4 Å². The lowest BCUT2D eigenvalue weighted by molar-refractivity contribution is 0.251. The number of urea groups is 1. The maximum absolute atomic E-state index is 12.0. The number of amides is 2. The summed E-state index contributed by atoms with van der Waals surface area (Å²) in [5, 5.41) is 6.29. The highest BCUT2D eigenvalue weighted by Crippen LogP contribution is 2.28. The Morgan fingerprint density at radius 3 is 2.78 bits per heavy atom. The topological polar surface area (TPSA) is 54.0 Å². The fourth-order valence-electron chi connectivity index (χ4n) is 2.01. The molecule has 0 aliphatic heterocycles. The number of pyridine rings is 1. The summed E-state index contributed by atoms with van der Waals surface area (Å²) in [4.78, 5) is 17.4. The van der Waals surface area contributed by atoms with Gasteiger partial charge in [-0.15, -0.1) is 11.8 Å². The summed E-state index contributed by atoms with van der Waals surface area (Å²) in [6, 6.07) is 11.5. The van der Waals surface area contributed by atoms with Crippen LogP contribution in [0.25, 0.3) is 0 Å². The summed E-state index contributed by atoms with van der Waals surface area (Å²) in [6.07, 6.45) is 2.85. The second-order valence-corrected chi connectivity index (χ2v) is 6.95. The van der Waals surface area contributed by atoms with Crippen LogP contribution >= 0.6 is 11.8 Å². The minimum atomic E-state index is -0.221. The predicted octanol–water partition coefficient (Wildman–Crippen LogP) is 4.60. The Balaban J connectivity index is 1.90. The SMILES string of the molecule is CCC(C)Sc1ccc(NC(=O)NCc2ccccn2)c(C)c1. The van der Waals surface area contributed by atoms with Crippen molar-refractivity contribution >= 4 is 23.5 Å². The molecule has 1 unspecified atom stereocenters. The Kier molecular flexibility index (Phi) is 6.47. The van der Waals surface area contributed by atoms with Crippen molar-refractivity contribution in [2.75, 3.05) is 5.32 Å². The lowest BCUT2D eigenvalue weighted by Gasteiger charge is -2.13. The Bertz CT molecular complexity index is 646. The minimum Gasteiger partial charge on any atom is -0.332 e. The van der Waals surface area contributed by atoms with Crippen molar-refractivity contribution in [1.82, 2.24) is 10.3 Å². The van der Waals surface area contributed by atoms with E-state index in [-0.39, 0.29) is 6.03 Å². The second-order valence-electron chi connectivity index (χ2n) is 5.44. The third kappa shape index (κ3) is 5.60. The van der Waals surface area contributed by atoms with Crippen LogP contribution in [0.15, 0.2) is 47.5 Å². The van der Waals surface area contributed by atoms with Gasteiger partial charge >= 0.3 is 6.03 Å². The lowest BCUT2D eigenvalue weighted by atomic mass is 10.2. The molecule has 0 saturated heterocycles. The van der Waals surface area contributed by atoms with Gasteiger partial charge in [0.1, 0.15) is 0 Å². The Morgan fingerprint density at radius 1 is 1.30 bits per heavy atom. The van der Waals surface area contributed by atoms with Gasteiger partial charge in [-0.1, -0.05) is 19.9 Å². The number of rotatable bonds is 6. The van der Waals surface area contributed by atoms with Gasteiger partial charge in [0.25, 0.3) is 0 Å². The Morgan fingerprint density at radius 2 is 2.13 bits per heavy atom. The molecule has 0 bridgehead atoms. The first kappa shape index (κ1) is 17.3. The van der Waals surface area contributed by atoms with Crippen LogP contribution in [0.5, 0.6) is 0 Å². The third-order valence-corrected chi connectivity index (χ3v) is 4.78. The number of hydrogen-bond acceptors (Lipinski definition) is 3. The fraction of sp³-hybridized carbons (Fsp3) is 0.333. The molecule has 0 radical (unpaired) electrons. The van der Waals surface area contributed by atoms with Gasteiger partial charge in [-0.05, 0) is 49.2 Å². The Labute approximate surface area is 142 Å². The summed E-state index contributed by atoms with van der Waals surface area (Å²) in [6.45, 7) is 6.83. The monoisotopic (exact) mass is 329 g/mol. The number of nitrogens with zero attached hydrogens (tertiary/aromatic N) is 1. The smallest absolute Gasteiger partial charge is 0.319 e. The lowest BCUT2D eigenvalue weighted by Crippen LogP contribution is -2.28. The first-order valence-corrected chi connectivity index (χ1v) is 8.68. The molecule has 2 amide bonds. The van der Waals surface area contributed by atoms with Crippen LogP contribution in [0, 0.1) is 6.92 Å². The van der Waals surface area contributed by atoms with E-state index in [1.807, 2.05) is 43.0 Å². The molecule has 0 fully saturated rings. The average molecular weight is 329 g/mol. The number of hydrogen-bond donors (Lipinski definition) is 2. The largest absolute Gasteiger partial charge is 0.332 e. The number of carbonyl (C=O) groups is 1. The number of benzene rings is 1. The molecular weight excluding hydrogens is 306 g/mol. The van der Waals surface area contributed by atoms with Gasteiger partial charge in [0.2, 0.25) is 0 Å². The van der Waals surface area contributed by atoms with Gasteiger partial charge in [-0.25, -0.2) is 4.79 Å². The van der Waals surface area contributed by atoms with E-state index in [9.17, 15) is 4.79 Å². The third-order valence-electron chi connectivity index (χ3n) is 3.51. The molecule has 1 aromatic carbocycles.